The van der Waals surface area contributed by atoms with E-state index >= 15 is 0 Å². The molecule has 0 amide bonds. The summed E-state index contributed by atoms with van der Waals surface area (Å²) in [5.74, 6) is -0.350. The average molecular weight is 297 g/mol. The molecule has 3 aromatic rings. The minimum Gasteiger partial charge on any atom is -0.464 e. The number of aromatic amines is 1. The number of ether oxygens (including phenoxy) is 1. The first-order valence-electron chi connectivity index (χ1n) is 6.57. The lowest BCUT2D eigenvalue weighted by Crippen LogP contribution is -2.00. The van der Waals surface area contributed by atoms with Crippen molar-refractivity contribution in [2.24, 2.45) is 0 Å². The molecule has 0 bridgehead atoms. The van der Waals surface area contributed by atoms with Gasteiger partial charge in [-0.15, -0.1) is 11.8 Å². The van der Waals surface area contributed by atoms with Gasteiger partial charge < -0.3 is 9.72 Å². The third kappa shape index (κ3) is 2.54. The van der Waals surface area contributed by atoms with Gasteiger partial charge in [0.1, 0.15) is 5.69 Å². The fourth-order valence-corrected chi connectivity index (χ4v) is 3.02. The zero-order chi connectivity index (χ0) is 14.8. The lowest BCUT2D eigenvalue weighted by atomic mass is 10.0. The molecule has 3 rings (SSSR count). The van der Waals surface area contributed by atoms with E-state index in [9.17, 15) is 4.79 Å². The molecular weight excluding hydrogens is 282 g/mol. The van der Waals surface area contributed by atoms with Crippen molar-refractivity contribution in [3.05, 3.63) is 54.2 Å². The first kappa shape index (κ1) is 13.8. The molecular formula is C17H15NO2S. The maximum absolute atomic E-state index is 11.6. The normalized spacial score (nSPS) is 10.8. The van der Waals surface area contributed by atoms with Crippen molar-refractivity contribution in [1.82, 2.24) is 4.98 Å². The maximum Gasteiger partial charge on any atom is 0.354 e. The topological polar surface area (TPSA) is 42.1 Å². The monoisotopic (exact) mass is 297 g/mol. The van der Waals surface area contributed by atoms with Crippen molar-refractivity contribution < 1.29 is 9.53 Å². The van der Waals surface area contributed by atoms with Crippen LogP contribution in [0, 0.1) is 0 Å². The van der Waals surface area contributed by atoms with Gasteiger partial charge in [-0.1, -0.05) is 24.3 Å². The van der Waals surface area contributed by atoms with Crippen LogP contribution in [0.25, 0.3) is 22.0 Å². The molecule has 0 unspecified atom stereocenters. The number of fused-ring (bicyclic) bond motifs is 1. The molecule has 3 nitrogen and oxygen atoms in total. The Kier molecular flexibility index (Phi) is 3.71. The molecule has 0 spiro atoms. The Hall–Kier alpha value is -2.20. The summed E-state index contributed by atoms with van der Waals surface area (Å²) in [5.41, 5.74) is 3.75. The highest BCUT2D eigenvalue weighted by atomic mass is 32.2. The number of esters is 1. The maximum atomic E-state index is 11.6. The lowest BCUT2D eigenvalue weighted by molar-refractivity contribution is 0.0595. The number of nitrogens with one attached hydrogen (secondary N) is 1. The molecule has 0 aliphatic heterocycles. The number of methoxy groups -OCH3 is 1. The first-order chi connectivity index (χ1) is 10.2. The van der Waals surface area contributed by atoms with E-state index in [0.29, 0.717) is 5.69 Å². The molecule has 4 heteroatoms. The van der Waals surface area contributed by atoms with E-state index in [1.54, 1.807) is 11.8 Å². The highest BCUT2D eigenvalue weighted by Crippen LogP contribution is 2.32. The van der Waals surface area contributed by atoms with E-state index in [1.807, 2.05) is 24.3 Å². The van der Waals surface area contributed by atoms with Crippen LogP contribution in [0.2, 0.25) is 0 Å². The van der Waals surface area contributed by atoms with Crippen LogP contribution in [0.1, 0.15) is 10.5 Å². The standard InChI is InChI=1S/C17H15NO2S/c1-20-17(19)15-10-12-9-11(7-8-14(12)18-15)13-5-3-4-6-16(13)21-2/h3-10,18H,1-2H3. The molecule has 0 radical (unpaired) electrons. The Morgan fingerprint density at radius 2 is 1.95 bits per heavy atom. The van der Waals surface area contributed by atoms with Gasteiger partial charge >= 0.3 is 5.97 Å². The van der Waals surface area contributed by atoms with Gasteiger partial charge in [0.25, 0.3) is 0 Å². The summed E-state index contributed by atoms with van der Waals surface area (Å²) in [5, 5.41) is 1.00. The van der Waals surface area contributed by atoms with E-state index < -0.39 is 0 Å². The molecule has 106 valence electrons. The minimum atomic E-state index is -0.350. The van der Waals surface area contributed by atoms with Crippen LogP contribution in [0.3, 0.4) is 0 Å². The Bertz CT molecular complexity index is 807. The quantitative estimate of drug-likeness (QED) is 0.577. The molecule has 0 fully saturated rings. The highest BCUT2D eigenvalue weighted by Gasteiger charge is 2.11. The zero-order valence-corrected chi connectivity index (χ0v) is 12.7. The number of thioether (sulfide) groups is 1. The van der Waals surface area contributed by atoms with Crippen LogP contribution in [-0.2, 0) is 4.74 Å². The fourth-order valence-electron chi connectivity index (χ4n) is 2.40. The summed E-state index contributed by atoms with van der Waals surface area (Å²) in [6.45, 7) is 0. The van der Waals surface area contributed by atoms with Gasteiger partial charge in [-0.25, -0.2) is 4.79 Å². The van der Waals surface area contributed by atoms with E-state index in [4.69, 9.17) is 4.74 Å². The van der Waals surface area contributed by atoms with Crippen LogP contribution in [0.4, 0.5) is 0 Å². The second-order valence-electron chi connectivity index (χ2n) is 4.68. The van der Waals surface area contributed by atoms with Crippen molar-refractivity contribution in [1.29, 1.82) is 0 Å². The zero-order valence-electron chi connectivity index (χ0n) is 11.8. The van der Waals surface area contributed by atoms with Crippen LogP contribution in [0.5, 0.6) is 0 Å². The third-order valence-electron chi connectivity index (χ3n) is 3.44. The number of carbonyl (C=O) groups is 1. The minimum absolute atomic E-state index is 0.350. The van der Waals surface area contributed by atoms with Crippen LogP contribution >= 0.6 is 11.8 Å². The second kappa shape index (κ2) is 5.66. The fraction of sp³-hybridized carbons (Fsp3) is 0.118. The Labute approximate surface area is 127 Å². The molecule has 1 N–H and O–H groups in total. The predicted molar refractivity (Wildman–Crippen MR) is 86.9 cm³/mol. The van der Waals surface area contributed by atoms with Gasteiger partial charge in [-0.05, 0) is 41.6 Å². The van der Waals surface area contributed by atoms with Gasteiger partial charge in [-0.2, -0.15) is 0 Å². The summed E-state index contributed by atoms with van der Waals surface area (Å²) in [6.07, 6.45) is 2.07. The van der Waals surface area contributed by atoms with Crippen molar-refractivity contribution in [2.45, 2.75) is 4.90 Å². The molecule has 21 heavy (non-hydrogen) atoms. The summed E-state index contributed by atoms with van der Waals surface area (Å²) >= 11 is 1.73. The van der Waals surface area contributed by atoms with Gasteiger partial charge in [0.05, 0.1) is 7.11 Å². The number of aromatic nitrogens is 1. The summed E-state index contributed by atoms with van der Waals surface area (Å²) < 4.78 is 4.74. The first-order valence-corrected chi connectivity index (χ1v) is 7.80. The largest absolute Gasteiger partial charge is 0.464 e. The number of carbonyl (C=O) groups excluding carboxylic acids is 1. The van der Waals surface area contributed by atoms with Crippen LogP contribution in [-0.4, -0.2) is 24.3 Å². The molecule has 1 aromatic heterocycles. The van der Waals surface area contributed by atoms with Gasteiger partial charge in [-0.3, -0.25) is 0 Å². The molecule has 1 heterocycles. The average Bonchev–Trinajstić information content (AvgIpc) is 2.97. The van der Waals surface area contributed by atoms with Gasteiger partial charge in [0, 0.05) is 15.8 Å². The third-order valence-corrected chi connectivity index (χ3v) is 4.24. The molecule has 0 saturated carbocycles. The number of rotatable bonds is 3. The number of H-pyrrole nitrogens is 1. The lowest BCUT2D eigenvalue weighted by Gasteiger charge is -2.07. The van der Waals surface area contributed by atoms with E-state index in [-0.39, 0.29) is 5.97 Å². The SMILES string of the molecule is COC(=O)c1cc2cc(-c3ccccc3SC)ccc2[nH]1. The highest BCUT2D eigenvalue weighted by molar-refractivity contribution is 7.98. The predicted octanol–water partition coefficient (Wildman–Crippen LogP) is 4.34. The Balaban J connectivity index is 2.10. The van der Waals surface area contributed by atoms with Gasteiger partial charge in [0.15, 0.2) is 0 Å². The summed E-state index contributed by atoms with van der Waals surface area (Å²) in [6, 6.07) is 16.3. The van der Waals surface area contributed by atoms with Gasteiger partial charge in [0.2, 0.25) is 0 Å². The van der Waals surface area contributed by atoms with Crippen LogP contribution < -0.4 is 0 Å². The number of hydrogen-bond donors (Lipinski definition) is 1. The van der Waals surface area contributed by atoms with E-state index in [2.05, 4.69) is 35.5 Å². The van der Waals surface area contributed by atoms with Crippen molar-refractivity contribution in [2.75, 3.05) is 13.4 Å². The smallest absolute Gasteiger partial charge is 0.354 e. The second-order valence-corrected chi connectivity index (χ2v) is 5.52. The van der Waals surface area contributed by atoms with Crippen molar-refractivity contribution in [3.63, 3.8) is 0 Å². The molecule has 0 aliphatic carbocycles. The summed E-state index contributed by atoms with van der Waals surface area (Å²) in [4.78, 5) is 15.9. The number of benzene rings is 2. The van der Waals surface area contributed by atoms with Crippen molar-refractivity contribution in [3.8, 4) is 11.1 Å². The Morgan fingerprint density at radius 3 is 2.71 bits per heavy atom. The number of hydrogen-bond acceptors (Lipinski definition) is 3. The van der Waals surface area contributed by atoms with E-state index in [0.717, 1.165) is 16.5 Å². The molecule has 0 atom stereocenters. The summed E-state index contributed by atoms with van der Waals surface area (Å²) in [7, 11) is 1.38. The van der Waals surface area contributed by atoms with Crippen LogP contribution in [0.15, 0.2) is 53.4 Å². The molecule has 0 aliphatic rings. The van der Waals surface area contributed by atoms with Crippen molar-refractivity contribution >= 4 is 28.6 Å². The Morgan fingerprint density at radius 1 is 1.14 bits per heavy atom. The molecule has 2 aromatic carbocycles. The molecule has 0 saturated heterocycles. The van der Waals surface area contributed by atoms with E-state index in [1.165, 1.54) is 17.6 Å².